The molecule has 0 bridgehead atoms. The molecule has 3 rings (SSSR count). The fourth-order valence-corrected chi connectivity index (χ4v) is 2.13. The molecule has 0 aliphatic heterocycles. The number of carbonyl (C=O) groups excluding carboxylic acids is 1. The molecule has 0 aromatic carbocycles. The van der Waals surface area contributed by atoms with Gasteiger partial charge in [-0.2, -0.15) is 0 Å². The molecule has 3 aromatic rings. The van der Waals surface area contributed by atoms with Gasteiger partial charge in [-0.15, -0.1) is 0 Å². The summed E-state index contributed by atoms with van der Waals surface area (Å²) < 4.78 is 6.70. The van der Waals surface area contributed by atoms with E-state index in [1.807, 2.05) is 6.92 Å². The smallest absolute Gasteiger partial charge is 0.260 e. The molecule has 3 heterocycles. The summed E-state index contributed by atoms with van der Waals surface area (Å²) >= 11 is 5.81. The number of halogens is 1. The van der Waals surface area contributed by atoms with E-state index >= 15 is 0 Å². The van der Waals surface area contributed by atoms with E-state index < -0.39 is 0 Å². The van der Waals surface area contributed by atoms with Crippen LogP contribution in [0.15, 0.2) is 47.5 Å². The first kappa shape index (κ1) is 13.4. The molecule has 1 N–H and O–H groups in total. The van der Waals surface area contributed by atoms with Crippen LogP contribution in [0.5, 0.6) is 0 Å². The van der Waals surface area contributed by atoms with Crippen molar-refractivity contribution < 1.29 is 9.21 Å². The molecule has 0 aliphatic rings. The zero-order valence-electron chi connectivity index (χ0n) is 11.1. The third-order valence-corrected chi connectivity index (χ3v) is 3.24. The highest BCUT2D eigenvalue weighted by Crippen LogP contribution is 2.22. The lowest BCUT2D eigenvalue weighted by atomic mass is 10.3. The van der Waals surface area contributed by atoms with E-state index in [0.29, 0.717) is 11.5 Å². The molecular weight excluding hydrogens is 292 g/mol. The van der Waals surface area contributed by atoms with Crippen molar-refractivity contribution >= 4 is 23.2 Å². The number of hydrogen-bond donors (Lipinski definition) is 1. The average Bonchev–Trinajstić information content (AvgIpc) is 3.08. The Hall–Kier alpha value is -2.60. The number of rotatable bonds is 3. The van der Waals surface area contributed by atoms with Crippen molar-refractivity contribution in [3.63, 3.8) is 0 Å². The lowest BCUT2D eigenvalue weighted by Gasteiger charge is -2.11. The van der Waals surface area contributed by atoms with E-state index in [2.05, 4.69) is 15.3 Å². The Morgan fingerprint density at radius 2 is 2.19 bits per heavy atom. The summed E-state index contributed by atoms with van der Waals surface area (Å²) in [4.78, 5) is 20.6. The molecule has 0 saturated carbocycles. The van der Waals surface area contributed by atoms with Gasteiger partial charge in [0.05, 0.1) is 17.5 Å². The highest BCUT2D eigenvalue weighted by atomic mass is 35.5. The van der Waals surface area contributed by atoms with Gasteiger partial charge in [-0.1, -0.05) is 0 Å². The number of nitrogens with zero attached hydrogens (tertiary/aromatic N) is 3. The average molecular weight is 303 g/mol. The number of furan rings is 1. The standard InChI is InChI=1S/C14H11ClN4O2/c1-9-16-6-7-19(9)13-11(3-2-5-17-13)18-14(20)10-4-8-21-12(10)15/h2-8H,1H3,(H,18,20). The highest BCUT2D eigenvalue weighted by Gasteiger charge is 2.16. The van der Waals surface area contributed by atoms with Gasteiger partial charge >= 0.3 is 0 Å². The van der Waals surface area contributed by atoms with Gasteiger partial charge in [0, 0.05) is 18.6 Å². The van der Waals surface area contributed by atoms with E-state index in [4.69, 9.17) is 16.0 Å². The molecular formula is C14H11ClN4O2. The molecule has 21 heavy (non-hydrogen) atoms. The number of hydrogen-bond acceptors (Lipinski definition) is 4. The number of amides is 1. The van der Waals surface area contributed by atoms with Crippen molar-refractivity contribution in [3.05, 3.63) is 59.7 Å². The van der Waals surface area contributed by atoms with Crippen molar-refractivity contribution in [2.45, 2.75) is 6.92 Å². The summed E-state index contributed by atoms with van der Waals surface area (Å²) in [5, 5.41) is 2.83. The first-order valence-corrected chi connectivity index (χ1v) is 6.54. The molecule has 0 atom stereocenters. The summed E-state index contributed by atoms with van der Waals surface area (Å²) in [6, 6.07) is 5.01. The second-order valence-corrected chi connectivity index (χ2v) is 4.62. The molecule has 106 valence electrons. The Morgan fingerprint density at radius 3 is 2.86 bits per heavy atom. The van der Waals surface area contributed by atoms with Gasteiger partial charge in [0.1, 0.15) is 5.82 Å². The van der Waals surface area contributed by atoms with E-state index in [-0.39, 0.29) is 16.7 Å². The van der Waals surface area contributed by atoms with E-state index in [1.54, 1.807) is 35.3 Å². The monoisotopic (exact) mass is 302 g/mol. The van der Waals surface area contributed by atoms with Crippen LogP contribution < -0.4 is 5.32 Å². The summed E-state index contributed by atoms with van der Waals surface area (Å²) in [7, 11) is 0. The zero-order chi connectivity index (χ0) is 14.8. The summed E-state index contributed by atoms with van der Waals surface area (Å²) in [6.07, 6.45) is 6.46. The summed E-state index contributed by atoms with van der Waals surface area (Å²) in [6.45, 7) is 1.85. The van der Waals surface area contributed by atoms with Crippen molar-refractivity contribution in [2.75, 3.05) is 5.32 Å². The van der Waals surface area contributed by atoms with Crippen LogP contribution in [0.3, 0.4) is 0 Å². The molecule has 0 unspecified atom stereocenters. The molecule has 0 fully saturated rings. The number of aromatic nitrogens is 3. The predicted molar refractivity (Wildman–Crippen MR) is 77.8 cm³/mol. The first-order chi connectivity index (χ1) is 10.2. The van der Waals surface area contributed by atoms with E-state index in [0.717, 1.165) is 5.82 Å². The number of imidazole rings is 1. The Labute approximate surface area is 125 Å². The summed E-state index contributed by atoms with van der Waals surface area (Å²) in [5.74, 6) is 0.992. The van der Waals surface area contributed by atoms with Crippen LogP contribution in [-0.4, -0.2) is 20.4 Å². The van der Waals surface area contributed by atoms with Crippen molar-refractivity contribution in [2.24, 2.45) is 0 Å². The molecule has 0 spiro atoms. The minimum Gasteiger partial charge on any atom is -0.452 e. The van der Waals surface area contributed by atoms with Crippen LogP contribution in [0.1, 0.15) is 16.2 Å². The van der Waals surface area contributed by atoms with Gasteiger partial charge in [-0.25, -0.2) is 9.97 Å². The van der Waals surface area contributed by atoms with Crippen LogP contribution in [-0.2, 0) is 0 Å². The van der Waals surface area contributed by atoms with Crippen molar-refractivity contribution in [3.8, 4) is 5.82 Å². The minimum absolute atomic E-state index is 0.0525. The third-order valence-electron chi connectivity index (χ3n) is 2.95. The van der Waals surface area contributed by atoms with E-state index in [1.165, 1.54) is 12.3 Å². The Kier molecular flexibility index (Phi) is 3.45. The molecule has 6 nitrogen and oxygen atoms in total. The largest absolute Gasteiger partial charge is 0.452 e. The van der Waals surface area contributed by atoms with Gasteiger partial charge in [0.15, 0.2) is 5.82 Å². The van der Waals surface area contributed by atoms with Crippen LogP contribution in [0.25, 0.3) is 5.82 Å². The topological polar surface area (TPSA) is 73.0 Å². The fourth-order valence-electron chi connectivity index (χ4n) is 1.93. The molecule has 1 amide bonds. The van der Waals surface area contributed by atoms with Gasteiger partial charge in [-0.05, 0) is 36.7 Å². The van der Waals surface area contributed by atoms with Crippen LogP contribution in [0.2, 0.25) is 5.22 Å². The molecule has 0 aliphatic carbocycles. The minimum atomic E-state index is -0.360. The normalized spacial score (nSPS) is 10.6. The van der Waals surface area contributed by atoms with Gasteiger partial charge in [-0.3, -0.25) is 9.36 Å². The van der Waals surface area contributed by atoms with Gasteiger partial charge in [0.25, 0.3) is 5.91 Å². The van der Waals surface area contributed by atoms with Crippen LogP contribution in [0.4, 0.5) is 5.69 Å². The summed E-state index contributed by atoms with van der Waals surface area (Å²) in [5.41, 5.74) is 0.828. The van der Waals surface area contributed by atoms with E-state index in [9.17, 15) is 4.79 Å². The lowest BCUT2D eigenvalue weighted by molar-refractivity contribution is 0.102. The molecule has 3 aromatic heterocycles. The third kappa shape index (κ3) is 2.53. The molecule has 0 radical (unpaired) electrons. The lowest BCUT2D eigenvalue weighted by Crippen LogP contribution is -2.14. The fraction of sp³-hybridized carbons (Fsp3) is 0.0714. The zero-order valence-corrected chi connectivity index (χ0v) is 11.8. The van der Waals surface area contributed by atoms with Crippen LogP contribution in [0, 0.1) is 6.92 Å². The SMILES string of the molecule is Cc1nccn1-c1ncccc1NC(=O)c1ccoc1Cl. The second-order valence-electron chi connectivity index (χ2n) is 4.28. The maximum Gasteiger partial charge on any atom is 0.260 e. The van der Waals surface area contributed by atoms with Gasteiger partial charge in [0.2, 0.25) is 5.22 Å². The Morgan fingerprint density at radius 1 is 1.33 bits per heavy atom. The number of anilines is 1. The first-order valence-electron chi connectivity index (χ1n) is 6.16. The second kappa shape index (κ2) is 5.41. The van der Waals surface area contributed by atoms with Crippen molar-refractivity contribution in [1.29, 1.82) is 0 Å². The molecule has 0 saturated heterocycles. The quantitative estimate of drug-likeness (QED) is 0.807. The maximum atomic E-state index is 12.2. The Balaban J connectivity index is 1.95. The number of pyridine rings is 1. The predicted octanol–water partition coefficient (Wildman–Crippen LogP) is 3.07. The van der Waals surface area contributed by atoms with Crippen molar-refractivity contribution in [1.82, 2.24) is 14.5 Å². The number of nitrogens with one attached hydrogen (secondary N) is 1. The maximum absolute atomic E-state index is 12.2. The van der Waals surface area contributed by atoms with Crippen LogP contribution >= 0.6 is 11.6 Å². The highest BCUT2D eigenvalue weighted by molar-refractivity contribution is 6.32. The number of carbonyl (C=O) groups is 1. The number of aryl methyl sites for hydroxylation is 1. The molecule has 7 heteroatoms. The Bertz CT molecular complexity index is 794. The van der Waals surface area contributed by atoms with Gasteiger partial charge < -0.3 is 9.73 Å².